The fraction of sp³-hybridized carbons (Fsp3) is 0.231. The lowest BCUT2D eigenvalue weighted by atomic mass is 9.90. The van der Waals surface area contributed by atoms with E-state index in [1.165, 1.54) is 45.6 Å². The average Bonchev–Trinajstić information content (AvgIpc) is 3.40. The molecule has 0 unspecified atom stereocenters. The molecule has 2 aliphatic rings. The van der Waals surface area contributed by atoms with E-state index in [1.807, 2.05) is 30.3 Å². The van der Waals surface area contributed by atoms with Crippen molar-refractivity contribution in [2.24, 2.45) is 5.92 Å². The zero-order valence-electron chi connectivity index (χ0n) is 19.3. The van der Waals surface area contributed by atoms with Crippen molar-refractivity contribution in [3.63, 3.8) is 0 Å². The molecule has 180 valence electrons. The van der Waals surface area contributed by atoms with E-state index in [2.05, 4.69) is 0 Å². The first-order valence-corrected chi connectivity index (χ1v) is 10.9. The van der Waals surface area contributed by atoms with Crippen molar-refractivity contribution in [2.45, 2.75) is 12.1 Å². The van der Waals surface area contributed by atoms with Crippen LogP contribution in [0.1, 0.15) is 11.6 Å². The van der Waals surface area contributed by atoms with Crippen molar-refractivity contribution in [2.75, 3.05) is 31.3 Å². The molecule has 0 saturated carbocycles. The number of halogens is 1. The molecule has 2 heterocycles. The van der Waals surface area contributed by atoms with Gasteiger partial charge in [-0.1, -0.05) is 18.2 Å². The molecular formula is C26H23FN2O6. The fourth-order valence-corrected chi connectivity index (χ4v) is 4.67. The Balaban J connectivity index is 1.64. The van der Waals surface area contributed by atoms with Gasteiger partial charge in [-0.2, -0.15) is 0 Å². The summed E-state index contributed by atoms with van der Waals surface area (Å²) in [5.41, 5.74) is 1.60. The van der Waals surface area contributed by atoms with E-state index in [-0.39, 0.29) is 5.69 Å². The number of amides is 2. The number of anilines is 2. The lowest BCUT2D eigenvalue weighted by Gasteiger charge is -2.29. The molecule has 2 amide bonds. The van der Waals surface area contributed by atoms with Gasteiger partial charge in [-0.3, -0.25) is 14.4 Å². The molecule has 2 aliphatic heterocycles. The van der Waals surface area contributed by atoms with Gasteiger partial charge in [0, 0.05) is 0 Å². The van der Waals surface area contributed by atoms with E-state index in [0.717, 1.165) is 4.90 Å². The molecular weight excluding hydrogens is 455 g/mol. The van der Waals surface area contributed by atoms with Crippen LogP contribution in [0.3, 0.4) is 0 Å². The van der Waals surface area contributed by atoms with Crippen molar-refractivity contribution < 1.29 is 33.0 Å². The Hall–Kier alpha value is -4.11. The highest BCUT2D eigenvalue weighted by Gasteiger charge is 2.60. The molecule has 0 aliphatic carbocycles. The van der Waals surface area contributed by atoms with Crippen LogP contribution in [0.25, 0.3) is 0 Å². The number of hydroxylamine groups is 1. The molecule has 3 aromatic rings. The zero-order valence-corrected chi connectivity index (χ0v) is 19.3. The van der Waals surface area contributed by atoms with Crippen LogP contribution in [0.2, 0.25) is 0 Å². The standard InChI is InChI=1S/C26H23FN2O6/c1-32-19-13-15(14-20(33-2)23(19)34-3)22-21-24(35-29(22)18-7-5-4-6-8-18)26(31)28(25(21)30)17-11-9-16(27)10-12-17/h4-14,21-22,24H,1-3H3/t21-,22+,24-/m1/s1. The van der Waals surface area contributed by atoms with Gasteiger partial charge in [0.2, 0.25) is 11.7 Å². The number of hydrogen-bond donors (Lipinski definition) is 0. The van der Waals surface area contributed by atoms with E-state index in [0.29, 0.717) is 28.5 Å². The lowest BCUT2D eigenvalue weighted by molar-refractivity contribution is -0.126. The fourth-order valence-electron chi connectivity index (χ4n) is 4.67. The maximum Gasteiger partial charge on any atom is 0.266 e. The van der Waals surface area contributed by atoms with E-state index in [1.54, 1.807) is 17.2 Å². The van der Waals surface area contributed by atoms with Crippen LogP contribution in [0.5, 0.6) is 17.2 Å². The van der Waals surface area contributed by atoms with Gasteiger partial charge in [0.05, 0.1) is 38.7 Å². The van der Waals surface area contributed by atoms with Gasteiger partial charge in [0.1, 0.15) is 11.7 Å². The molecule has 2 saturated heterocycles. The minimum Gasteiger partial charge on any atom is -0.493 e. The predicted molar refractivity (Wildman–Crippen MR) is 125 cm³/mol. The number of para-hydroxylation sites is 1. The topological polar surface area (TPSA) is 77.5 Å². The van der Waals surface area contributed by atoms with Crippen molar-refractivity contribution in [3.8, 4) is 17.2 Å². The quantitative estimate of drug-likeness (QED) is 0.498. The third-order valence-electron chi connectivity index (χ3n) is 6.24. The molecule has 3 atom stereocenters. The van der Waals surface area contributed by atoms with E-state index < -0.39 is 35.7 Å². The van der Waals surface area contributed by atoms with Gasteiger partial charge in [0.25, 0.3) is 5.91 Å². The van der Waals surface area contributed by atoms with E-state index in [4.69, 9.17) is 19.0 Å². The summed E-state index contributed by atoms with van der Waals surface area (Å²) in [6.07, 6.45) is -1.06. The summed E-state index contributed by atoms with van der Waals surface area (Å²) in [6.45, 7) is 0. The Morgan fingerprint density at radius 2 is 1.43 bits per heavy atom. The minimum atomic E-state index is -1.06. The number of carbonyl (C=O) groups excluding carboxylic acids is 2. The number of rotatable bonds is 6. The average molecular weight is 478 g/mol. The normalized spacial score (nSPS) is 21.3. The van der Waals surface area contributed by atoms with Gasteiger partial charge < -0.3 is 14.2 Å². The smallest absolute Gasteiger partial charge is 0.266 e. The summed E-state index contributed by atoms with van der Waals surface area (Å²) in [5.74, 6) is -1.06. The van der Waals surface area contributed by atoms with Crippen LogP contribution in [0.4, 0.5) is 15.8 Å². The SMILES string of the molecule is COc1cc([C@H]2[C@H]3C(=O)N(c4ccc(F)cc4)C(=O)[C@@H]3ON2c2ccccc2)cc(OC)c1OC. The maximum atomic E-state index is 13.7. The van der Waals surface area contributed by atoms with Gasteiger partial charge in [-0.05, 0) is 54.1 Å². The first-order chi connectivity index (χ1) is 17.0. The molecule has 35 heavy (non-hydrogen) atoms. The number of methoxy groups -OCH3 is 3. The molecule has 0 N–H and O–H groups in total. The Morgan fingerprint density at radius 3 is 2.00 bits per heavy atom. The molecule has 2 fully saturated rings. The monoisotopic (exact) mass is 478 g/mol. The van der Waals surface area contributed by atoms with Crippen LogP contribution in [0.15, 0.2) is 66.7 Å². The van der Waals surface area contributed by atoms with Gasteiger partial charge in [-0.25, -0.2) is 14.4 Å². The summed E-state index contributed by atoms with van der Waals surface area (Å²) in [4.78, 5) is 34.3. The first kappa shape index (κ1) is 22.7. The summed E-state index contributed by atoms with van der Waals surface area (Å²) in [5, 5.41) is 1.58. The number of carbonyl (C=O) groups is 2. The highest BCUT2D eigenvalue weighted by Crippen LogP contribution is 2.50. The van der Waals surface area contributed by atoms with Crippen molar-refractivity contribution in [1.29, 1.82) is 0 Å². The number of hydrogen-bond acceptors (Lipinski definition) is 7. The Kier molecular flexibility index (Phi) is 5.78. The number of benzene rings is 3. The molecule has 0 radical (unpaired) electrons. The van der Waals surface area contributed by atoms with Crippen molar-refractivity contribution in [1.82, 2.24) is 0 Å². The van der Waals surface area contributed by atoms with Crippen molar-refractivity contribution >= 4 is 23.2 Å². The Bertz CT molecular complexity index is 1240. The summed E-state index contributed by atoms with van der Waals surface area (Å²) in [7, 11) is 4.51. The van der Waals surface area contributed by atoms with E-state index in [9.17, 15) is 14.0 Å². The second-order valence-electron chi connectivity index (χ2n) is 8.10. The molecule has 8 nitrogen and oxygen atoms in total. The van der Waals surface area contributed by atoms with Crippen molar-refractivity contribution in [3.05, 3.63) is 78.1 Å². The van der Waals surface area contributed by atoms with Crippen LogP contribution < -0.4 is 24.2 Å². The van der Waals surface area contributed by atoms with Gasteiger partial charge in [-0.15, -0.1) is 0 Å². The second-order valence-corrected chi connectivity index (χ2v) is 8.10. The summed E-state index contributed by atoms with van der Waals surface area (Å²) >= 11 is 0. The summed E-state index contributed by atoms with van der Waals surface area (Å²) < 4.78 is 30.0. The molecule has 3 aromatic carbocycles. The zero-order chi connectivity index (χ0) is 24.7. The van der Waals surface area contributed by atoms with Crippen LogP contribution in [-0.4, -0.2) is 39.2 Å². The number of fused-ring (bicyclic) bond motifs is 1. The second kappa shape index (κ2) is 8.92. The Labute approximate surface area is 201 Å². The Morgan fingerprint density at radius 1 is 0.800 bits per heavy atom. The number of nitrogens with zero attached hydrogens (tertiary/aromatic N) is 2. The van der Waals surface area contributed by atoms with Gasteiger partial charge in [0.15, 0.2) is 17.6 Å². The van der Waals surface area contributed by atoms with Crippen LogP contribution in [-0.2, 0) is 14.4 Å². The maximum absolute atomic E-state index is 13.7. The number of imide groups is 1. The molecule has 0 spiro atoms. The first-order valence-electron chi connectivity index (χ1n) is 10.9. The van der Waals surface area contributed by atoms with Gasteiger partial charge >= 0.3 is 0 Å². The molecule has 0 bridgehead atoms. The third kappa shape index (κ3) is 3.64. The summed E-state index contributed by atoms with van der Waals surface area (Å²) in [6, 6.07) is 17.2. The lowest BCUT2D eigenvalue weighted by Crippen LogP contribution is -2.37. The molecule has 9 heteroatoms. The molecule has 5 rings (SSSR count). The highest BCUT2D eigenvalue weighted by molar-refractivity contribution is 6.23. The number of ether oxygens (including phenoxy) is 3. The van der Waals surface area contributed by atoms with Crippen LogP contribution in [0, 0.1) is 11.7 Å². The largest absolute Gasteiger partial charge is 0.493 e. The van der Waals surface area contributed by atoms with E-state index >= 15 is 0 Å². The highest BCUT2D eigenvalue weighted by atomic mass is 19.1. The molecule has 0 aromatic heterocycles. The minimum absolute atomic E-state index is 0.286. The van der Waals surface area contributed by atoms with Crippen LogP contribution >= 0.6 is 0 Å². The predicted octanol–water partition coefficient (Wildman–Crippen LogP) is 3.90. The third-order valence-corrected chi connectivity index (χ3v) is 6.24.